The van der Waals surface area contributed by atoms with Crippen molar-refractivity contribution in [2.24, 2.45) is 0 Å². The Hall–Kier alpha value is -3.12. The smallest absolute Gasteiger partial charge is 0.337 e. The molecule has 31 heavy (non-hydrogen) atoms. The number of carbonyl (C=O) groups is 2. The molecule has 0 atom stereocenters. The summed E-state index contributed by atoms with van der Waals surface area (Å²) in [7, 11) is 1.34. The fourth-order valence-corrected chi connectivity index (χ4v) is 4.29. The molecule has 1 saturated heterocycles. The molecule has 4 rings (SSSR count). The van der Waals surface area contributed by atoms with Gasteiger partial charge in [0, 0.05) is 23.5 Å². The lowest BCUT2D eigenvalue weighted by Gasteiger charge is -2.26. The van der Waals surface area contributed by atoms with Crippen LogP contribution in [-0.4, -0.2) is 37.0 Å². The molecule has 162 valence electrons. The third-order valence-electron chi connectivity index (χ3n) is 5.94. The number of amides is 1. The van der Waals surface area contributed by atoms with Crippen molar-refractivity contribution in [1.82, 2.24) is 4.90 Å². The second kappa shape index (κ2) is 9.35. The lowest BCUT2D eigenvalue weighted by Crippen LogP contribution is -2.29. The monoisotopic (exact) mass is 419 g/mol. The van der Waals surface area contributed by atoms with Gasteiger partial charge in [0.1, 0.15) is 0 Å². The van der Waals surface area contributed by atoms with Crippen LogP contribution in [0.1, 0.15) is 54.1 Å². The van der Waals surface area contributed by atoms with Crippen molar-refractivity contribution < 1.29 is 14.3 Å². The maximum atomic E-state index is 12.7. The Morgan fingerprint density at radius 1 is 1.10 bits per heavy atom. The molecule has 2 aliphatic rings. The molecule has 0 saturated carbocycles. The van der Waals surface area contributed by atoms with Crippen molar-refractivity contribution in [3.63, 3.8) is 0 Å². The molecule has 2 aromatic rings. The van der Waals surface area contributed by atoms with E-state index < -0.39 is 5.97 Å². The van der Waals surface area contributed by atoms with Gasteiger partial charge in [-0.3, -0.25) is 9.69 Å². The number of nitrogens with one attached hydrogen (secondary N) is 2. The first kappa shape index (κ1) is 21.1. The molecule has 2 N–H and O–H groups in total. The number of methoxy groups -OCH3 is 1. The average molecular weight is 420 g/mol. The zero-order valence-corrected chi connectivity index (χ0v) is 18.2. The summed E-state index contributed by atoms with van der Waals surface area (Å²) in [6.07, 6.45) is 4.60. The van der Waals surface area contributed by atoms with E-state index in [1.54, 1.807) is 18.2 Å². The molecule has 0 bridgehead atoms. The number of benzene rings is 2. The van der Waals surface area contributed by atoms with E-state index in [0.717, 1.165) is 23.5 Å². The zero-order chi connectivity index (χ0) is 21.8. The Labute approximate surface area is 183 Å². The fourth-order valence-electron chi connectivity index (χ4n) is 4.29. The average Bonchev–Trinajstić information content (AvgIpc) is 3.13. The maximum absolute atomic E-state index is 12.7. The minimum absolute atomic E-state index is 0.164. The van der Waals surface area contributed by atoms with E-state index in [4.69, 9.17) is 4.74 Å². The van der Waals surface area contributed by atoms with Crippen LogP contribution in [0.3, 0.4) is 0 Å². The van der Waals surface area contributed by atoms with Crippen LogP contribution in [0.25, 0.3) is 5.57 Å². The predicted octanol–water partition coefficient (Wildman–Crippen LogP) is 4.64. The normalized spacial score (nSPS) is 17.7. The van der Waals surface area contributed by atoms with Crippen molar-refractivity contribution >= 4 is 28.8 Å². The van der Waals surface area contributed by atoms with Gasteiger partial charge in [-0.1, -0.05) is 31.5 Å². The van der Waals surface area contributed by atoms with Gasteiger partial charge in [-0.25, -0.2) is 4.79 Å². The van der Waals surface area contributed by atoms with Gasteiger partial charge in [-0.15, -0.1) is 0 Å². The van der Waals surface area contributed by atoms with Crippen molar-refractivity contribution in [2.75, 3.05) is 30.8 Å². The second-order valence-electron chi connectivity index (χ2n) is 8.07. The standard InChI is InChI=1S/C25H29N3O3/c1-3-21(23-20-12-9-18(25(30)31-2)15-22(20)27-24(23)29)26-19-10-7-17(8-11-19)16-28-13-5-4-6-14-28/h7-12,15,26H,3-6,13-14,16H2,1-2H3,(H,27,29)/b23-21-. The van der Waals surface area contributed by atoms with Crippen LogP contribution >= 0.6 is 0 Å². The summed E-state index contributed by atoms with van der Waals surface area (Å²) in [6, 6.07) is 13.6. The molecular formula is C25H29N3O3. The number of piperidine rings is 1. The predicted molar refractivity (Wildman–Crippen MR) is 123 cm³/mol. The number of hydrogen-bond acceptors (Lipinski definition) is 5. The van der Waals surface area contributed by atoms with Crippen molar-refractivity contribution in [1.29, 1.82) is 0 Å². The van der Waals surface area contributed by atoms with E-state index in [0.29, 0.717) is 23.2 Å². The Morgan fingerprint density at radius 2 is 1.84 bits per heavy atom. The number of nitrogens with zero attached hydrogens (tertiary/aromatic N) is 1. The largest absolute Gasteiger partial charge is 0.465 e. The minimum atomic E-state index is -0.423. The molecule has 1 amide bonds. The van der Waals surface area contributed by atoms with Gasteiger partial charge in [0.05, 0.1) is 23.9 Å². The Kier molecular flexibility index (Phi) is 6.37. The second-order valence-corrected chi connectivity index (χ2v) is 8.07. The topological polar surface area (TPSA) is 70.7 Å². The fraction of sp³-hybridized carbons (Fsp3) is 0.360. The van der Waals surface area contributed by atoms with E-state index in [-0.39, 0.29) is 5.91 Å². The summed E-state index contributed by atoms with van der Waals surface area (Å²) in [4.78, 5) is 27.0. The third-order valence-corrected chi connectivity index (χ3v) is 5.94. The quantitative estimate of drug-likeness (QED) is 0.527. The molecule has 6 heteroatoms. The number of fused-ring (bicyclic) bond motifs is 1. The number of ether oxygens (including phenoxy) is 1. The molecule has 0 aromatic heterocycles. The Balaban J connectivity index is 1.53. The van der Waals surface area contributed by atoms with Crippen molar-refractivity contribution in [2.45, 2.75) is 39.2 Å². The highest BCUT2D eigenvalue weighted by Gasteiger charge is 2.28. The molecule has 0 unspecified atom stereocenters. The van der Waals surface area contributed by atoms with Crippen LogP contribution in [0.2, 0.25) is 0 Å². The number of allylic oxidation sites excluding steroid dienone is 1. The molecule has 2 aliphatic heterocycles. The van der Waals surface area contributed by atoms with Gasteiger partial charge < -0.3 is 15.4 Å². The van der Waals surface area contributed by atoms with Gasteiger partial charge in [-0.05, 0) is 62.2 Å². The summed E-state index contributed by atoms with van der Waals surface area (Å²) in [6.45, 7) is 5.37. The van der Waals surface area contributed by atoms with Crippen LogP contribution in [0.4, 0.5) is 11.4 Å². The summed E-state index contributed by atoms with van der Waals surface area (Å²) in [5.41, 5.74) is 5.57. The summed E-state index contributed by atoms with van der Waals surface area (Å²) in [5.74, 6) is -0.587. The molecule has 0 radical (unpaired) electrons. The van der Waals surface area contributed by atoms with Gasteiger partial charge in [-0.2, -0.15) is 0 Å². The number of carbonyl (C=O) groups excluding carboxylic acids is 2. The van der Waals surface area contributed by atoms with Gasteiger partial charge in [0.15, 0.2) is 0 Å². The number of hydrogen-bond donors (Lipinski definition) is 2. The first-order valence-corrected chi connectivity index (χ1v) is 10.9. The molecule has 1 fully saturated rings. The SMILES string of the molecule is CC/C(Nc1ccc(CN2CCCCC2)cc1)=C1/C(=O)Nc2cc(C(=O)OC)ccc21. The zero-order valence-electron chi connectivity index (χ0n) is 18.2. The molecule has 0 spiro atoms. The lowest BCUT2D eigenvalue weighted by molar-refractivity contribution is -0.110. The van der Waals surface area contributed by atoms with Crippen molar-refractivity contribution in [3.8, 4) is 0 Å². The first-order chi connectivity index (χ1) is 15.1. The van der Waals surface area contributed by atoms with E-state index in [2.05, 4.69) is 39.8 Å². The van der Waals surface area contributed by atoms with E-state index in [1.807, 2.05) is 6.92 Å². The van der Waals surface area contributed by atoms with E-state index in [1.165, 1.54) is 45.0 Å². The van der Waals surface area contributed by atoms with Crippen LogP contribution in [0.15, 0.2) is 48.2 Å². The third kappa shape index (κ3) is 4.64. The van der Waals surface area contributed by atoms with Crippen LogP contribution in [-0.2, 0) is 16.1 Å². The Bertz CT molecular complexity index is 1010. The number of rotatable bonds is 6. The number of anilines is 2. The lowest BCUT2D eigenvalue weighted by atomic mass is 10.0. The first-order valence-electron chi connectivity index (χ1n) is 10.9. The summed E-state index contributed by atoms with van der Waals surface area (Å²) >= 11 is 0. The number of esters is 1. The van der Waals surface area contributed by atoms with Gasteiger partial charge in [0.2, 0.25) is 0 Å². The molecule has 6 nitrogen and oxygen atoms in total. The van der Waals surface area contributed by atoms with Crippen LogP contribution in [0, 0.1) is 0 Å². The highest BCUT2D eigenvalue weighted by molar-refractivity contribution is 6.32. The molecular weight excluding hydrogens is 390 g/mol. The highest BCUT2D eigenvalue weighted by atomic mass is 16.5. The summed E-state index contributed by atoms with van der Waals surface area (Å²) < 4.78 is 4.78. The maximum Gasteiger partial charge on any atom is 0.337 e. The van der Waals surface area contributed by atoms with Crippen molar-refractivity contribution in [3.05, 3.63) is 64.9 Å². The highest BCUT2D eigenvalue weighted by Crippen LogP contribution is 2.36. The number of likely N-dealkylation sites (tertiary alicyclic amines) is 1. The van der Waals surface area contributed by atoms with Gasteiger partial charge >= 0.3 is 5.97 Å². The molecule has 2 aromatic carbocycles. The van der Waals surface area contributed by atoms with E-state index >= 15 is 0 Å². The van der Waals surface area contributed by atoms with Crippen LogP contribution in [0.5, 0.6) is 0 Å². The Morgan fingerprint density at radius 3 is 2.52 bits per heavy atom. The van der Waals surface area contributed by atoms with Gasteiger partial charge in [0.25, 0.3) is 5.91 Å². The van der Waals surface area contributed by atoms with E-state index in [9.17, 15) is 9.59 Å². The van der Waals surface area contributed by atoms with Crippen LogP contribution < -0.4 is 10.6 Å². The summed E-state index contributed by atoms with van der Waals surface area (Å²) in [5, 5.41) is 6.31. The molecule has 0 aliphatic carbocycles. The molecule has 2 heterocycles. The minimum Gasteiger partial charge on any atom is -0.465 e.